The number of esters is 1. The third-order valence-corrected chi connectivity index (χ3v) is 5.94. The lowest BCUT2D eigenvalue weighted by Crippen LogP contribution is -2.25. The van der Waals surface area contributed by atoms with Gasteiger partial charge in [0.15, 0.2) is 6.10 Å². The SMILES string of the molecule is CNS(=O)(=O)c1cc(C(=O)OC(C)C(=O)c2c(C)[nH]c3ccccc23)n(C)c1. The minimum Gasteiger partial charge on any atom is -0.450 e. The Morgan fingerprint density at radius 3 is 2.61 bits per heavy atom. The number of nitrogens with zero attached hydrogens (tertiary/aromatic N) is 1. The van der Waals surface area contributed by atoms with Crippen molar-refractivity contribution in [3.05, 3.63) is 53.5 Å². The van der Waals surface area contributed by atoms with Crippen molar-refractivity contribution in [2.24, 2.45) is 7.05 Å². The molecule has 0 fully saturated rings. The molecular formula is C19H21N3O5S. The number of sulfonamides is 1. The Hall–Kier alpha value is -2.91. The Morgan fingerprint density at radius 2 is 1.93 bits per heavy atom. The topological polar surface area (TPSA) is 110 Å². The zero-order valence-corrected chi connectivity index (χ0v) is 16.8. The van der Waals surface area contributed by atoms with Gasteiger partial charge in [0.05, 0.1) is 0 Å². The highest BCUT2D eigenvalue weighted by atomic mass is 32.2. The monoisotopic (exact) mass is 403 g/mol. The molecule has 1 aromatic carbocycles. The van der Waals surface area contributed by atoms with Crippen molar-refractivity contribution in [2.75, 3.05) is 7.05 Å². The summed E-state index contributed by atoms with van der Waals surface area (Å²) < 4.78 is 32.7. The number of H-pyrrole nitrogens is 1. The number of nitrogens with one attached hydrogen (secondary N) is 2. The average molecular weight is 403 g/mol. The van der Waals surface area contributed by atoms with E-state index >= 15 is 0 Å². The second-order valence-electron chi connectivity index (χ2n) is 6.46. The summed E-state index contributed by atoms with van der Waals surface area (Å²) in [4.78, 5) is 28.5. The molecule has 0 aliphatic rings. The number of hydrogen-bond acceptors (Lipinski definition) is 5. The van der Waals surface area contributed by atoms with Crippen molar-refractivity contribution in [2.45, 2.75) is 24.8 Å². The molecule has 2 N–H and O–H groups in total. The number of aryl methyl sites for hydroxylation is 2. The normalized spacial score (nSPS) is 12.9. The van der Waals surface area contributed by atoms with Gasteiger partial charge in [0, 0.05) is 35.4 Å². The smallest absolute Gasteiger partial charge is 0.355 e. The Labute approximate surface area is 162 Å². The van der Waals surface area contributed by atoms with Gasteiger partial charge in [-0.1, -0.05) is 18.2 Å². The van der Waals surface area contributed by atoms with Crippen LogP contribution in [-0.2, 0) is 21.8 Å². The highest BCUT2D eigenvalue weighted by Crippen LogP contribution is 2.24. The van der Waals surface area contributed by atoms with Crippen LogP contribution in [0.3, 0.4) is 0 Å². The molecule has 0 saturated heterocycles. The van der Waals surface area contributed by atoms with Gasteiger partial charge in [-0.15, -0.1) is 0 Å². The number of Topliss-reactive ketones (excluding diaryl/α,β-unsaturated/α-hetero) is 1. The number of aromatic amines is 1. The lowest BCUT2D eigenvalue weighted by molar-refractivity contribution is 0.0310. The van der Waals surface area contributed by atoms with E-state index in [2.05, 4.69) is 9.71 Å². The van der Waals surface area contributed by atoms with Gasteiger partial charge >= 0.3 is 5.97 Å². The van der Waals surface area contributed by atoms with E-state index in [1.165, 1.54) is 37.8 Å². The fourth-order valence-corrected chi connectivity index (χ4v) is 3.87. The van der Waals surface area contributed by atoms with E-state index in [1.807, 2.05) is 24.3 Å². The highest BCUT2D eigenvalue weighted by Gasteiger charge is 2.27. The number of ketones is 1. The Bertz CT molecular complexity index is 1170. The van der Waals surface area contributed by atoms with E-state index in [1.54, 1.807) is 6.92 Å². The van der Waals surface area contributed by atoms with Crippen molar-refractivity contribution < 1.29 is 22.7 Å². The van der Waals surface area contributed by atoms with Crippen molar-refractivity contribution in [1.29, 1.82) is 0 Å². The van der Waals surface area contributed by atoms with E-state index in [0.29, 0.717) is 11.3 Å². The number of aromatic nitrogens is 2. The maximum absolute atomic E-state index is 12.9. The Morgan fingerprint density at radius 1 is 1.25 bits per heavy atom. The standard InChI is InChI=1S/C19H21N3O5S/c1-11-17(14-7-5-6-8-15(14)21-11)18(23)12(2)27-19(24)16-9-13(10-22(16)4)28(25,26)20-3/h5-10,12,20-21H,1-4H3. The number of hydrogen-bond donors (Lipinski definition) is 2. The first-order chi connectivity index (χ1) is 13.2. The van der Waals surface area contributed by atoms with Crippen LogP contribution in [0.1, 0.15) is 33.5 Å². The number of para-hydroxylation sites is 1. The van der Waals surface area contributed by atoms with Crippen LogP contribution in [0.15, 0.2) is 41.4 Å². The molecule has 1 atom stereocenters. The van der Waals surface area contributed by atoms with Crippen LogP contribution in [-0.4, -0.2) is 42.9 Å². The highest BCUT2D eigenvalue weighted by molar-refractivity contribution is 7.89. The summed E-state index contributed by atoms with van der Waals surface area (Å²) in [5.41, 5.74) is 2.02. The number of rotatable bonds is 6. The molecular weight excluding hydrogens is 382 g/mol. The van der Waals surface area contributed by atoms with Gasteiger partial charge in [0.2, 0.25) is 15.8 Å². The quantitative estimate of drug-likeness (QED) is 0.484. The molecule has 2 aromatic heterocycles. The molecule has 0 amide bonds. The van der Waals surface area contributed by atoms with Gasteiger partial charge in [-0.25, -0.2) is 17.9 Å². The molecule has 0 bridgehead atoms. The molecule has 0 spiro atoms. The Balaban J connectivity index is 1.85. The minimum atomic E-state index is -3.69. The molecule has 9 heteroatoms. The number of carbonyl (C=O) groups is 2. The molecule has 0 saturated carbocycles. The first-order valence-electron chi connectivity index (χ1n) is 8.58. The fraction of sp³-hybridized carbons (Fsp3) is 0.263. The van der Waals surface area contributed by atoms with E-state index in [4.69, 9.17) is 4.74 Å². The van der Waals surface area contributed by atoms with Gasteiger partial charge in [-0.05, 0) is 33.0 Å². The number of fused-ring (bicyclic) bond motifs is 1. The minimum absolute atomic E-state index is 0.0316. The predicted octanol–water partition coefficient (Wildman–Crippen LogP) is 2.15. The first kappa shape index (κ1) is 19.8. The second kappa shape index (κ2) is 7.25. The average Bonchev–Trinajstić information content (AvgIpc) is 3.20. The van der Waals surface area contributed by atoms with Crippen molar-refractivity contribution in [3.63, 3.8) is 0 Å². The van der Waals surface area contributed by atoms with Crippen LogP contribution in [0.2, 0.25) is 0 Å². The van der Waals surface area contributed by atoms with E-state index in [9.17, 15) is 18.0 Å². The molecule has 8 nitrogen and oxygen atoms in total. The van der Waals surface area contributed by atoms with E-state index in [-0.39, 0.29) is 16.4 Å². The summed E-state index contributed by atoms with van der Waals surface area (Å²) in [5, 5.41) is 0.758. The van der Waals surface area contributed by atoms with Crippen LogP contribution in [0.5, 0.6) is 0 Å². The van der Waals surface area contributed by atoms with Crippen molar-refractivity contribution >= 4 is 32.7 Å². The maximum Gasteiger partial charge on any atom is 0.355 e. The number of ether oxygens (including phenoxy) is 1. The summed E-state index contributed by atoms with van der Waals surface area (Å²) in [6.07, 6.45) is 0.267. The fourth-order valence-electron chi connectivity index (χ4n) is 3.07. The molecule has 148 valence electrons. The largest absolute Gasteiger partial charge is 0.450 e. The zero-order chi connectivity index (χ0) is 20.6. The molecule has 0 aliphatic heterocycles. The lowest BCUT2D eigenvalue weighted by Gasteiger charge is -2.13. The number of benzene rings is 1. The molecule has 28 heavy (non-hydrogen) atoms. The van der Waals surface area contributed by atoms with Gasteiger partial charge in [0.1, 0.15) is 10.6 Å². The van der Waals surface area contributed by atoms with Crippen LogP contribution in [0.25, 0.3) is 10.9 Å². The third-order valence-electron chi connectivity index (χ3n) is 4.56. The van der Waals surface area contributed by atoms with Crippen molar-refractivity contribution in [1.82, 2.24) is 14.3 Å². The number of carbonyl (C=O) groups excluding carboxylic acids is 2. The first-order valence-corrected chi connectivity index (χ1v) is 10.1. The summed E-state index contributed by atoms with van der Waals surface area (Å²) in [6, 6.07) is 8.59. The van der Waals surface area contributed by atoms with E-state index < -0.39 is 22.1 Å². The Kier molecular flexibility index (Phi) is 5.14. The molecule has 3 aromatic rings. The summed E-state index contributed by atoms with van der Waals surface area (Å²) in [5.74, 6) is -1.11. The van der Waals surface area contributed by atoms with Gasteiger partial charge in [-0.3, -0.25) is 4.79 Å². The summed E-state index contributed by atoms with van der Waals surface area (Å²) in [7, 11) is -0.882. The molecule has 0 aliphatic carbocycles. The van der Waals surface area contributed by atoms with Gasteiger partial charge < -0.3 is 14.3 Å². The van der Waals surface area contributed by atoms with Crippen LogP contribution < -0.4 is 4.72 Å². The molecule has 3 rings (SSSR count). The van der Waals surface area contributed by atoms with Gasteiger partial charge in [-0.2, -0.15) is 0 Å². The zero-order valence-electron chi connectivity index (χ0n) is 15.9. The van der Waals surface area contributed by atoms with Crippen molar-refractivity contribution in [3.8, 4) is 0 Å². The summed E-state index contributed by atoms with van der Waals surface area (Å²) in [6.45, 7) is 3.28. The van der Waals surface area contributed by atoms with Gasteiger partial charge in [0.25, 0.3) is 0 Å². The van der Waals surface area contributed by atoms with Crippen LogP contribution in [0.4, 0.5) is 0 Å². The summed E-state index contributed by atoms with van der Waals surface area (Å²) >= 11 is 0. The molecule has 0 radical (unpaired) electrons. The maximum atomic E-state index is 12.9. The van der Waals surface area contributed by atoms with Crippen LogP contribution >= 0.6 is 0 Å². The lowest BCUT2D eigenvalue weighted by atomic mass is 10.0. The predicted molar refractivity (Wildman–Crippen MR) is 104 cm³/mol. The second-order valence-corrected chi connectivity index (χ2v) is 8.35. The van der Waals surface area contributed by atoms with E-state index in [0.717, 1.165) is 10.9 Å². The third kappa shape index (κ3) is 3.46. The van der Waals surface area contributed by atoms with Crippen LogP contribution in [0, 0.1) is 6.92 Å². The molecule has 1 unspecified atom stereocenters. The molecule has 2 heterocycles.